The number of nitrogens with zero attached hydrogens (tertiary/aromatic N) is 3. The van der Waals surface area contributed by atoms with Crippen LogP contribution in [0.4, 0.5) is 0 Å². The van der Waals surface area contributed by atoms with Crippen molar-refractivity contribution in [2.75, 3.05) is 13.1 Å². The first-order valence-corrected chi connectivity index (χ1v) is 9.00. The van der Waals surface area contributed by atoms with Crippen LogP contribution >= 0.6 is 0 Å². The number of carbonyl (C=O) groups excluding carboxylic acids is 2. The second-order valence-corrected chi connectivity index (χ2v) is 6.70. The van der Waals surface area contributed by atoms with Crippen molar-refractivity contribution >= 4 is 17.5 Å². The van der Waals surface area contributed by atoms with Crippen LogP contribution in [0.25, 0.3) is 0 Å². The van der Waals surface area contributed by atoms with Gasteiger partial charge in [0.2, 0.25) is 11.8 Å². The minimum Gasteiger partial charge on any atom is -0.332 e. The van der Waals surface area contributed by atoms with Gasteiger partial charge in [0.25, 0.3) is 0 Å². The van der Waals surface area contributed by atoms with Gasteiger partial charge in [-0.25, -0.2) is 5.01 Å². The van der Waals surface area contributed by atoms with E-state index in [0.29, 0.717) is 19.4 Å². The third-order valence-electron chi connectivity index (χ3n) is 4.93. The molecule has 0 aromatic heterocycles. The minimum atomic E-state index is -0.160. The van der Waals surface area contributed by atoms with Crippen molar-refractivity contribution in [1.82, 2.24) is 9.91 Å². The molecule has 2 aromatic carbocycles. The van der Waals surface area contributed by atoms with Gasteiger partial charge in [-0.05, 0) is 17.5 Å². The van der Waals surface area contributed by atoms with Gasteiger partial charge in [-0.3, -0.25) is 9.59 Å². The minimum absolute atomic E-state index is 0.0428. The number of rotatable bonds is 4. The van der Waals surface area contributed by atoms with Crippen LogP contribution in [0.5, 0.6) is 0 Å². The third kappa shape index (κ3) is 3.25. The van der Waals surface area contributed by atoms with Crippen LogP contribution in [0.15, 0.2) is 65.8 Å². The van der Waals surface area contributed by atoms with E-state index in [1.165, 1.54) is 5.01 Å². The van der Waals surface area contributed by atoms with Gasteiger partial charge in [0.05, 0.1) is 24.7 Å². The van der Waals surface area contributed by atoms with E-state index in [1.54, 1.807) is 0 Å². The molecule has 0 radical (unpaired) electrons. The maximum atomic E-state index is 12.7. The smallest absolute Gasteiger partial charge is 0.247 e. The average Bonchev–Trinajstić information content (AvgIpc) is 3.29. The number of hydrogen-bond donors (Lipinski definition) is 0. The lowest BCUT2D eigenvalue weighted by Gasteiger charge is -2.25. The second kappa shape index (κ2) is 7.12. The van der Waals surface area contributed by atoms with Gasteiger partial charge in [0.1, 0.15) is 0 Å². The van der Waals surface area contributed by atoms with Crippen LogP contribution in [-0.2, 0) is 16.0 Å². The Hall–Kier alpha value is -2.95. The van der Waals surface area contributed by atoms with Gasteiger partial charge in [-0.15, -0.1) is 0 Å². The fourth-order valence-corrected chi connectivity index (χ4v) is 3.61. The molecule has 0 bridgehead atoms. The summed E-state index contributed by atoms with van der Waals surface area (Å²) >= 11 is 0. The summed E-state index contributed by atoms with van der Waals surface area (Å²) in [5, 5.41) is 6.15. The van der Waals surface area contributed by atoms with Crippen molar-refractivity contribution in [2.45, 2.75) is 25.3 Å². The molecule has 2 aromatic rings. The van der Waals surface area contributed by atoms with Crippen molar-refractivity contribution < 1.29 is 9.59 Å². The molecule has 1 saturated heterocycles. The maximum absolute atomic E-state index is 12.7. The molecule has 0 spiro atoms. The second-order valence-electron chi connectivity index (χ2n) is 6.70. The van der Waals surface area contributed by atoms with Crippen LogP contribution in [0.1, 0.15) is 24.0 Å². The number of hydrogen-bond acceptors (Lipinski definition) is 3. The van der Waals surface area contributed by atoms with E-state index in [-0.39, 0.29) is 17.9 Å². The average molecular weight is 347 g/mol. The number of hydrazone groups is 1. The molecule has 0 saturated carbocycles. The van der Waals surface area contributed by atoms with E-state index in [9.17, 15) is 9.59 Å². The van der Waals surface area contributed by atoms with Gasteiger partial charge in [0.15, 0.2) is 0 Å². The molecule has 1 unspecified atom stereocenters. The summed E-state index contributed by atoms with van der Waals surface area (Å²) in [5.74, 6) is 0.106. The molecular formula is C21H21N3O2. The summed E-state index contributed by atoms with van der Waals surface area (Å²) in [6.45, 7) is 1.16. The van der Waals surface area contributed by atoms with E-state index in [4.69, 9.17) is 0 Å². The molecular weight excluding hydrogens is 326 g/mol. The first-order valence-electron chi connectivity index (χ1n) is 9.00. The van der Waals surface area contributed by atoms with Crippen LogP contribution in [0.3, 0.4) is 0 Å². The zero-order valence-electron chi connectivity index (χ0n) is 14.5. The topological polar surface area (TPSA) is 53.0 Å². The molecule has 1 fully saturated rings. The fourth-order valence-electron chi connectivity index (χ4n) is 3.61. The molecule has 132 valence electrons. The lowest BCUT2D eigenvalue weighted by atomic mass is 10.0. The summed E-state index contributed by atoms with van der Waals surface area (Å²) in [6, 6.07) is 19.3. The van der Waals surface area contributed by atoms with Gasteiger partial charge in [-0.1, -0.05) is 60.7 Å². The zero-order chi connectivity index (χ0) is 17.9. The molecule has 2 heterocycles. The Bertz CT molecular complexity index is 833. The summed E-state index contributed by atoms with van der Waals surface area (Å²) in [4.78, 5) is 26.9. The van der Waals surface area contributed by atoms with E-state index in [1.807, 2.05) is 65.6 Å². The fraction of sp³-hybridized carbons (Fsp3) is 0.286. The monoisotopic (exact) mass is 347 g/mol. The normalized spacial score (nSPS) is 19.8. The molecule has 2 aliphatic heterocycles. The quantitative estimate of drug-likeness (QED) is 0.853. The highest BCUT2D eigenvalue weighted by Gasteiger charge is 2.38. The van der Waals surface area contributed by atoms with Crippen molar-refractivity contribution in [1.29, 1.82) is 0 Å². The summed E-state index contributed by atoms with van der Waals surface area (Å²) in [6.07, 6.45) is 1.76. The Kier molecular flexibility index (Phi) is 4.52. The van der Waals surface area contributed by atoms with E-state index < -0.39 is 0 Å². The summed E-state index contributed by atoms with van der Waals surface area (Å²) in [5.41, 5.74) is 2.74. The highest BCUT2D eigenvalue weighted by atomic mass is 16.2. The van der Waals surface area contributed by atoms with Crippen molar-refractivity contribution in [3.05, 3.63) is 71.8 Å². The Morgan fingerprint density at radius 3 is 2.38 bits per heavy atom. The summed E-state index contributed by atoms with van der Waals surface area (Å²) in [7, 11) is 0. The first kappa shape index (κ1) is 16.5. The van der Waals surface area contributed by atoms with Crippen LogP contribution in [-0.4, -0.2) is 46.6 Å². The predicted molar refractivity (Wildman–Crippen MR) is 99.6 cm³/mol. The SMILES string of the molecule is O=C(Cc1ccccc1)N1CC(N2CCCC2=O)C(c2ccccc2)=N1. The molecule has 0 N–H and O–H groups in total. The van der Waals surface area contributed by atoms with Gasteiger partial charge in [-0.2, -0.15) is 5.10 Å². The zero-order valence-corrected chi connectivity index (χ0v) is 14.5. The molecule has 26 heavy (non-hydrogen) atoms. The Balaban J connectivity index is 1.60. The molecule has 2 amide bonds. The highest BCUT2D eigenvalue weighted by Crippen LogP contribution is 2.24. The molecule has 4 rings (SSSR count). The number of amides is 2. The molecule has 0 aliphatic carbocycles. The maximum Gasteiger partial charge on any atom is 0.247 e. The van der Waals surface area contributed by atoms with Crippen LogP contribution in [0.2, 0.25) is 0 Å². The lowest BCUT2D eigenvalue weighted by molar-refractivity contribution is -0.133. The Morgan fingerprint density at radius 1 is 1.04 bits per heavy atom. The van der Waals surface area contributed by atoms with Crippen molar-refractivity contribution in [3.8, 4) is 0 Å². The third-order valence-corrected chi connectivity index (χ3v) is 4.93. The van der Waals surface area contributed by atoms with Crippen molar-refractivity contribution in [2.24, 2.45) is 5.10 Å². The van der Waals surface area contributed by atoms with E-state index >= 15 is 0 Å². The van der Waals surface area contributed by atoms with E-state index in [0.717, 1.165) is 29.8 Å². The molecule has 5 heteroatoms. The Labute approximate surface area is 152 Å². The largest absolute Gasteiger partial charge is 0.332 e. The summed E-state index contributed by atoms with van der Waals surface area (Å²) < 4.78 is 0. The van der Waals surface area contributed by atoms with Gasteiger partial charge >= 0.3 is 0 Å². The van der Waals surface area contributed by atoms with Crippen LogP contribution < -0.4 is 0 Å². The first-order chi connectivity index (χ1) is 12.7. The van der Waals surface area contributed by atoms with E-state index in [2.05, 4.69) is 5.10 Å². The highest BCUT2D eigenvalue weighted by molar-refractivity contribution is 6.08. The van der Waals surface area contributed by atoms with Crippen molar-refractivity contribution in [3.63, 3.8) is 0 Å². The molecule has 5 nitrogen and oxygen atoms in total. The number of benzene rings is 2. The van der Waals surface area contributed by atoms with Crippen LogP contribution in [0, 0.1) is 0 Å². The number of likely N-dealkylation sites (tertiary alicyclic amines) is 1. The predicted octanol–water partition coefficient (Wildman–Crippen LogP) is 2.47. The lowest BCUT2D eigenvalue weighted by Crippen LogP contribution is -2.44. The Morgan fingerprint density at radius 2 is 1.73 bits per heavy atom. The number of carbonyl (C=O) groups is 2. The molecule has 1 atom stereocenters. The molecule has 2 aliphatic rings. The van der Waals surface area contributed by atoms with Gasteiger partial charge < -0.3 is 4.90 Å². The standard InChI is InChI=1S/C21H21N3O2/c25-19-12-7-13-23(19)18-15-24(20(26)14-16-8-3-1-4-9-16)22-21(18)17-10-5-2-6-11-17/h1-6,8-11,18H,7,12-15H2. The van der Waals surface area contributed by atoms with Gasteiger partial charge in [0, 0.05) is 13.0 Å².